The second kappa shape index (κ2) is 13.2. The minimum Gasteiger partial charge on any atom is -0.381 e. The van der Waals surface area contributed by atoms with Crippen LogP contribution in [-0.4, -0.2) is 47.5 Å². The lowest BCUT2D eigenvalue weighted by Gasteiger charge is -2.34. The first kappa shape index (κ1) is 28.6. The number of ether oxygens (including phenoxy) is 1. The van der Waals surface area contributed by atoms with Gasteiger partial charge in [-0.25, -0.2) is 0 Å². The Morgan fingerprint density at radius 2 is 1.66 bits per heavy atom. The highest BCUT2D eigenvalue weighted by molar-refractivity contribution is 6.04. The van der Waals surface area contributed by atoms with Crippen LogP contribution in [0.5, 0.6) is 0 Å². The number of hydrogen-bond acceptors (Lipinski definition) is 3. The van der Waals surface area contributed by atoms with Crippen LogP contribution in [0, 0.1) is 5.92 Å². The molecule has 1 aliphatic heterocycles. The van der Waals surface area contributed by atoms with Crippen LogP contribution in [0.15, 0.2) is 78.9 Å². The number of nitrogens with one attached hydrogen (secondary N) is 2. The van der Waals surface area contributed by atoms with Crippen LogP contribution in [0.3, 0.4) is 0 Å². The van der Waals surface area contributed by atoms with Gasteiger partial charge in [-0.3, -0.25) is 9.59 Å². The normalized spacial score (nSPS) is 15.5. The molecule has 2 heterocycles. The van der Waals surface area contributed by atoms with Gasteiger partial charge >= 0.3 is 0 Å². The van der Waals surface area contributed by atoms with Crippen LogP contribution in [0.25, 0.3) is 22.2 Å². The molecule has 2 N–H and O–H groups in total. The van der Waals surface area contributed by atoms with E-state index in [1.54, 1.807) is 0 Å². The summed E-state index contributed by atoms with van der Waals surface area (Å²) in [4.78, 5) is 33.6. The first-order valence-corrected chi connectivity index (χ1v) is 14.9. The van der Waals surface area contributed by atoms with Crippen molar-refractivity contribution >= 4 is 22.7 Å². The number of H-pyrrole nitrogens is 1. The molecule has 0 aliphatic carbocycles. The van der Waals surface area contributed by atoms with Crippen molar-refractivity contribution in [3.8, 4) is 11.3 Å². The van der Waals surface area contributed by atoms with Crippen molar-refractivity contribution in [2.75, 3.05) is 19.8 Å². The highest BCUT2D eigenvalue weighted by Gasteiger charge is 2.45. The second-order valence-electron chi connectivity index (χ2n) is 11.3. The first-order chi connectivity index (χ1) is 20.0. The smallest absolute Gasteiger partial charge is 0.255 e. The number of carbonyl (C=O) groups excluding carboxylic acids is 2. The number of carbonyl (C=O) groups is 2. The van der Waals surface area contributed by atoms with E-state index in [4.69, 9.17) is 4.74 Å². The molecule has 0 spiro atoms. The lowest BCUT2D eigenvalue weighted by atomic mass is 9.91. The van der Waals surface area contributed by atoms with Crippen molar-refractivity contribution in [3.63, 3.8) is 0 Å². The number of rotatable bonds is 13. The molecule has 1 aromatic heterocycles. The first-order valence-electron chi connectivity index (χ1n) is 14.9. The van der Waals surface area contributed by atoms with Gasteiger partial charge in [-0.05, 0) is 48.4 Å². The minimum atomic E-state index is -0.613. The molecule has 41 heavy (non-hydrogen) atoms. The van der Waals surface area contributed by atoms with E-state index in [0.29, 0.717) is 25.1 Å². The highest BCUT2D eigenvalue weighted by Crippen LogP contribution is 2.46. The molecule has 5 rings (SSSR count). The monoisotopic (exact) mass is 551 g/mol. The minimum absolute atomic E-state index is 0.0985. The molecular weight excluding hydrogens is 510 g/mol. The Hall–Kier alpha value is -3.90. The largest absolute Gasteiger partial charge is 0.381 e. The number of nitrogens with zero attached hydrogens (tertiary/aromatic N) is 1. The van der Waals surface area contributed by atoms with Crippen molar-refractivity contribution < 1.29 is 14.3 Å². The zero-order valence-electron chi connectivity index (χ0n) is 24.4. The van der Waals surface area contributed by atoms with Gasteiger partial charge in [-0.1, -0.05) is 93.9 Å². The Morgan fingerprint density at radius 3 is 2.44 bits per heavy atom. The highest BCUT2D eigenvalue weighted by atomic mass is 16.5. The average molecular weight is 552 g/mol. The van der Waals surface area contributed by atoms with Crippen LogP contribution >= 0.6 is 0 Å². The van der Waals surface area contributed by atoms with Crippen molar-refractivity contribution in [1.29, 1.82) is 0 Å². The molecule has 6 heteroatoms. The zero-order valence-corrected chi connectivity index (χ0v) is 24.4. The Bertz CT molecular complexity index is 1480. The third kappa shape index (κ3) is 6.08. The molecule has 0 bridgehead atoms. The molecule has 6 nitrogen and oxygen atoms in total. The number of unbranched alkanes of at least 4 members (excludes halogenated alkanes) is 1. The predicted octanol–water partition coefficient (Wildman–Crippen LogP) is 7.12. The third-order valence-electron chi connectivity index (χ3n) is 7.82. The fraction of sp³-hybridized carbons (Fsp3) is 0.371. The Morgan fingerprint density at radius 1 is 0.951 bits per heavy atom. The molecule has 1 aliphatic rings. The summed E-state index contributed by atoms with van der Waals surface area (Å²) in [5, 5.41) is 4.19. The molecule has 3 aromatic carbocycles. The van der Waals surface area contributed by atoms with Gasteiger partial charge in [0, 0.05) is 41.8 Å². The van der Waals surface area contributed by atoms with Gasteiger partial charge in [-0.2, -0.15) is 0 Å². The predicted molar refractivity (Wildman–Crippen MR) is 165 cm³/mol. The maximum absolute atomic E-state index is 14.2. The second-order valence-corrected chi connectivity index (χ2v) is 11.3. The maximum Gasteiger partial charge on any atom is 0.255 e. The molecule has 0 radical (unpaired) electrons. The Kier molecular flexibility index (Phi) is 9.20. The number of aromatic amines is 1. The quantitative estimate of drug-likeness (QED) is 0.174. The molecule has 0 saturated heterocycles. The molecule has 0 fully saturated rings. The van der Waals surface area contributed by atoms with E-state index in [0.717, 1.165) is 59.2 Å². The number of aromatic nitrogens is 1. The molecule has 2 amide bonds. The summed E-state index contributed by atoms with van der Waals surface area (Å²) in [6, 6.07) is 25.2. The van der Waals surface area contributed by atoms with Gasteiger partial charge in [0.2, 0.25) is 5.91 Å². The number of para-hydroxylation sites is 1. The summed E-state index contributed by atoms with van der Waals surface area (Å²) in [7, 11) is 0. The maximum atomic E-state index is 14.2. The Labute approximate surface area is 243 Å². The van der Waals surface area contributed by atoms with E-state index in [1.165, 1.54) is 0 Å². The van der Waals surface area contributed by atoms with Gasteiger partial charge in [0.25, 0.3) is 5.91 Å². The summed E-state index contributed by atoms with van der Waals surface area (Å²) >= 11 is 0. The van der Waals surface area contributed by atoms with Crippen LogP contribution in [-0.2, 0) is 9.53 Å². The SMILES string of the molecule is CCCCOCCCNC(=O)C(CC(C)C)N1C(=O)c2ccccc2C1c1c(-c2ccccc2)[nH]c2ccccc12. The number of hydrogen-bond donors (Lipinski definition) is 2. The third-order valence-corrected chi connectivity index (χ3v) is 7.82. The van der Waals surface area contributed by atoms with Gasteiger partial charge in [0.05, 0.1) is 11.7 Å². The standard InChI is InChI=1S/C35H41N3O3/c1-4-5-21-41-22-13-20-36-34(39)30(23-24(2)3)38-33(26-16-9-10-17-27(26)35(38)40)31-28-18-11-12-19-29(28)37-32(31)25-14-7-6-8-15-25/h6-12,14-19,24,30,33,37H,4-5,13,20-23H2,1-3H3,(H,36,39). The fourth-order valence-corrected chi connectivity index (χ4v) is 5.88. The Balaban J connectivity index is 1.55. The molecule has 2 unspecified atom stereocenters. The zero-order chi connectivity index (χ0) is 28.8. The van der Waals surface area contributed by atoms with E-state index < -0.39 is 12.1 Å². The number of benzene rings is 3. The molecular formula is C35H41N3O3. The van der Waals surface area contributed by atoms with E-state index in [2.05, 4.69) is 55.3 Å². The summed E-state index contributed by atoms with van der Waals surface area (Å²) in [6.07, 6.45) is 3.45. The number of amides is 2. The lowest BCUT2D eigenvalue weighted by Crippen LogP contribution is -2.49. The van der Waals surface area contributed by atoms with Crippen molar-refractivity contribution in [1.82, 2.24) is 15.2 Å². The average Bonchev–Trinajstić information content (AvgIpc) is 3.50. The van der Waals surface area contributed by atoms with Crippen molar-refractivity contribution in [2.24, 2.45) is 5.92 Å². The number of fused-ring (bicyclic) bond motifs is 2. The molecule has 4 aromatic rings. The van der Waals surface area contributed by atoms with E-state index in [9.17, 15) is 9.59 Å². The van der Waals surface area contributed by atoms with Gasteiger partial charge in [0.15, 0.2) is 0 Å². The van der Waals surface area contributed by atoms with Gasteiger partial charge in [0.1, 0.15) is 6.04 Å². The van der Waals surface area contributed by atoms with Crippen LogP contribution in [0.2, 0.25) is 0 Å². The van der Waals surface area contributed by atoms with E-state index in [-0.39, 0.29) is 17.7 Å². The fourth-order valence-electron chi connectivity index (χ4n) is 5.88. The molecule has 2 atom stereocenters. The van der Waals surface area contributed by atoms with Crippen LogP contribution < -0.4 is 5.32 Å². The summed E-state index contributed by atoms with van der Waals surface area (Å²) in [6.45, 7) is 8.22. The molecule has 0 saturated carbocycles. The van der Waals surface area contributed by atoms with E-state index in [1.807, 2.05) is 59.5 Å². The summed E-state index contributed by atoms with van der Waals surface area (Å²) in [5.74, 6) is 0.00922. The van der Waals surface area contributed by atoms with Crippen LogP contribution in [0.1, 0.15) is 74.0 Å². The summed E-state index contributed by atoms with van der Waals surface area (Å²) < 4.78 is 5.68. The van der Waals surface area contributed by atoms with E-state index >= 15 is 0 Å². The van der Waals surface area contributed by atoms with Crippen LogP contribution in [0.4, 0.5) is 0 Å². The topological polar surface area (TPSA) is 74.4 Å². The summed E-state index contributed by atoms with van der Waals surface area (Å²) in [5.41, 5.74) is 5.64. The van der Waals surface area contributed by atoms with Gasteiger partial charge in [-0.15, -0.1) is 0 Å². The molecule has 214 valence electrons. The van der Waals surface area contributed by atoms with Crippen molar-refractivity contribution in [2.45, 2.75) is 58.5 Å². The van der Waals surface area contributed by atoms with Gasteiger partial charge < -0.3 is 19.9 Å². The lowest BCUT2D eigenvalue weighted by molar-refractivity contribution is -0.126. The van der Waals surface area contributed by atoms with Crippen molar-refractivity contribution in [3.05, 3.63) is 95.6 Å².